The summed E-state index contributed by atoms with van der Waals surface area (Å²) in [7, 11) is 0. The van der Waals surface area contributed by atoms with Gasteiger partial charge in [-0.3, -0.25) is 0 Å². The Hall–Kier alpha value is -0.120. The van der Waals surface area contributed by atoms with Crippen molar-refractivity contribution in [1.82, 2.24) is 10.2 Å². The van der Waals surface area contributed by atoms with Crippen LogP contribution in [0.1, 0.15) is 27.7 Å². The summed E-state index contributed by atoms with van der Waals surface area (Å²) in [4.78, 5) is 2.55. The van der Waals surface area contributed by atoms with Crippen LogP contribution >= 0.6 is 0 Å². The van der Waals surface area contributed by atoms with Crippen molar-refractivity contribution in [2.75, 3.05) is 39.4 Å². The first-order chi connectivity index (χ1) is 7.67. The van der Waals surface area contributed by atoms with E-state index in [1.807, 2.05) is 0 Å². The van der Waals surface area contributed by atoms with Crippen molar-refractivity contribution < 1.29 is 4.74 Å². The zero-order valence-electron chi connectivity index (χ0n) is 11.3. The van der Waals surface area contributed by atoms with Crippen LogP contribution in [0, 0.1) is 11.8 Å². The van der Waals surface area contributed by atoms with Crippen molar-refractivity contribution in [3.05, 3.63) is 0 Å². The molecule has 0 aromatic heterocycles. The zero-order valence-corrected chi connectivity index (χ0v) is 11.3. The first kappa shape index (κ1) is 13.9. The molecule has 1 rings (SSSR count). The molecule has 96 valence electrons. The Morgan fingerprint density at radius 1 is 1.31 bits per heavy atom. The van der Waals surface area contributed by atoms with Gasteiger partial charge < -0.3 is 15.0 Å². The van der Waals surface area contributed by atoms with Crippen molar-refractivity contribution in [3.63, 3.8) is 0 Å². The molecular formula is C13H28N2O. The molecular weight excluding hydrogens is 200 g/mol. The summed E-state index contributed by atoms with van der Waals surface area (Å²) < 4.78 is 5.58. The zero-order chi connectivity index (χ0) is 12.0. The predicted octanol–water partition coefficient (Wildman–Crippen LogP) is 1.59. The molecule has 1 fully saturated rings. The van der Waals surface area contributed by atoms with Crippen LogP contribution < -0.4 is 5.32 Å². The summed E-state index contributed by atoms with van der Waals surface area (Å²) >= 11 is 0. The van der Waals surface area contributed by atoms with Crippen LogP contribution in [0.15, 0.2) is 0 Å². The molecule has 16 heavy (non-hydrogen) atoms. The lowest BCUT2D eigenvalue weighted by Crippen LogP contribution is -2.42. The molecule has 0 saturated carbocycles. The summed E-state index contributed by atoms with van der Waals surface area (Å²) in [6.45, 7) is 15.4. The highest BCUT2D eigenvalue weighted by Gasteiger charge is 2.28. The molecule has 0 spiro atoms. The van der Waals surface area contributed by atoms with E-state index in [1.54, 1.807) is 0 Å². The summed E-state index contributed by atoms with van der Waals surface area (Å²) in [5.74, 6) is 1.42. The van der Waals surface area contributed by atoms with E-state index < -0.39 is 0 Å². The van der Waals surface area contributed by atoms with Gasteiger partial charge in [-0.1, -0.05) is 27.7 Å². The van der Waals surface area contributed by atoms with Crippen LogP contribution in [-0.2, 0) is 4.74 Å². The van der Waals surface area contributed by atoms with E-state index in [0.717, 1.165) is 32.2 Å². The monoisotopic (exact) mass is 228 g/mol. The molecule has 0 amide bonds. The Bertz CT molecular complexity index is 185. The minimum atomic E-state index is 0.561. The van der Waals surface area contributed by atoms with Crippen LogP contribution in [0.3, 0.4) is 0 Å². The summed E-state index contributed by atoms with van der Waals surface area (Å²) in [6, 6.07) is 0.561. The van der Waals surface area contributed by atoms with E-state index in [2.05, 4.69) is 37.9 Å². The van der Waals surface area contributed by atoms with Crippen molar-refractivity contribution >= 4 is 0 Å². The highest BCUT2D eigenvalue weighted by molar-refractivity contribution is 4.83. The third-order valence-corrected chi connectivity index (χ3v) is 3.23. The summed E-state index contributed by atoms with van der Waals surface area (Å²) in [6.07, 6.45) is 0. The van der Waals surface area contributed by atoms with Crippen LogP contribution in [0.5, 0.6) is 0 Å². The van der Waals surface area contributed by atoms with E-state index in [-0.39, 0.29) is 0 Å². The third kappa shape index (κ3) is 4.40. The second-order valence-electron chi connectivity index (χ2n) is 5.21. The van der Waals surface area contributed by atoms with Gasteiger partial charge >= 0.3 is 0 Å². The fourth-order valence-corrected chi connectivity index (χ4v) is 2.45. The highest BCUT2D eigenvalue weighted by atomic mass is 16.5. The van der Waals surface area contributed by atoms with Gasteiger partial charge in [0.05, 0.1) is 13.2 Å². The topological polar surface area (TPSA) is 24.5 Å². The lowest BCUT2D eigenvalue weighted by atomic mass is 10.0. The molecule has 0 aliphatic carbocycles. The normalized spacial score (nSPS) is 25.9. The van der Waals surface area contributed by atoms with Gasteiger partial charge in [-0.15, -0.1) is 0 Å². The standard InChI is InChI=1S/C13H28N2O/c1-5-14-13-10-16-9-12(13)8-15(6-2)7-11(3)4/h11-14H,5-10H2,1-4H3. The van der Waals surface area contributed by atoms with Crippen molar-refractivity contribution in [1.29, 1.82) is 0 Å². The molecule has 0 radical (unpaired) electrons. The van der Waals surface area contributed by atoms with E-state index in [9.17, 15) is 0 Å². The van der Waals surface area contributed by atoms with Crippen LogP contribution in [0.25, 0.3) is 0 Å². The average Bonchev–Trinajstić information content (AvgIpc) is 2.65. The number of nitrogens with one attached hydrogen (secondary N) is 1. The molecule has 0 aromatic carbocycles. The van der Waals surface area contributed by atoms with Crippen LogP contribution in [0.2, 0.25) is 0 Å². The van der Waals surface area contributed by atoms with Gasteiger partial charge in [-0.25, -0.2) is 0 Å². The smallest absolute Gasteiger partial charge is 0.0623 e. The molecule has 1 aliphatic heterocycles. The molecule has 2 atom stereocenters. The SMILES string of the molecule is CCNC1COCC1CN(CC)CC(C)C. The predicted molar refractivity (Wildman–Crippen MR) is 68.7 cm³/mol. The van der Waals surface area contributed by atoms with E-state index in [1.165, 1.54) is 13.1 Å². The van der Waals surface area contributed by atoms with Crippen molar-refractivity contribution in [2.24, 2.45) is 11.8 Å². The fourth-order valence-electron chi connectivity index (χ4n) is 2.45. The number of likely N-dealkylation sites (N-methyl/N-ethyl adjacent to an activating group) is 1. The maximum atomic E-state index is 5.58. The molecule has 1 heterocycles. The second kappa shape index (κ2) is 7.25. The Morgan fingerprint density at radius 2 is 2.06 bits per heavy atom. The number of hydrogen-bond donors (Lipinski definition) is 1. The fraction of sp³-hybridized carbons (Fsp3) is 1.00. The maximum Gasteiger partial charge on any atom is 0.0623 e. The van der Waals surface area contributed by atoms with E-state index in [0.29, 0.717) is 12.0 Å². The van der Waals surface area contributed by atoms with Crippen LogP contribution in [-0.4, -0.2) is 50.3 Å². The minimum absolute atomic E-state index is 0.561. The largest absolute Gasteiger partial charge is 0.379 e. The van der Waals surface area contributed by atoms with Gasteiger partial charge in [0, 0.05) is 25.0 Å². The Morgan fingerprint density at radius 3 is 2.62 bits per heavy atom. The van der Waals surface area contributed by atoms with Gasteiger partial charge in [0.1, 0.15) is 0 Å². The Labute approximate surface area is 101 Å². The van der Waals surface area contributed by atoms with Gasteiger partial charge in [-0.05, 0) is 19.0 Å². The molecule has 2 unspecified atom stereocenters. The van der Waals surface area contributed by atoms with Gasteiger partial charge in [-0.2, -0.15) is 0 Å². The third-order valence-electron chi connectivity index (χ3n) is 3.23. The first-order valence-corrected chi connectivity index (χ1v) is 6.70. The van der Waals surface area contributed by atoms with Gasteiger partial charge in [0.15, 0.2) is 0 Å². The Kier molecular flexibility index (Phi) is 6.32. The van der Waals surface area contributed by atoms with Crippen molar-refractivity contribution in [2.45, 2.75) is 33.7 Å². The molecule has 3 nitrogen and oxygen atoms in total. The number of rotatable bonds is 7. The van der Waals surface area contributed by atoms with Gasteiger partial charge in [0.25, 0.3) is 0 Å². The number of ether oxygens (including phenoxy) is 1. The molecule has 0 bridgehead atoms. The van der Waals surface area contributed by atoms with Crippen LogP contribution in [0.4, 0.5) is 0 Å². The Balaban J connectivity index is 2.37. The van der Waals surface area contributed by atoms with E-state index >= 15 is 0 Å². The second-order valence-corrected chi connectivity index (χ2v) is 5.21. The molecule has 1 saturated heterocycles. The first-order valence-electron chi connectivity index (χ1n) is 6.70. The lowest BCUT2D eigenvalue weighted by molar-refractivity contribution is 0.164. The number of hydrogen-bond acceptors (Lipinski definition) is 3. The highest BCUT2D eigenvalue weighted by Crippen LogP contribution is 2.15. The quantitative estimate of drug-likeness (QED) is 0.716. The maximum absolute atomic E-state index is 5.58. The molecule has 0 aromatic rings. The average molecular weight is 228 g/mol. The summed E-state index contributed by atoms with van der Waals surface area (Å²) in [5, 5.41) is 3.53. The summed E-state index contributed by atoms with van der Waals surface area (Å²) in [5.41, 5.74) is 0. The van der Waals surface area contributed by atoms with E-state index in [4.69, 9.17) is 4.74 Å². The number of nitrogens with zero attached hydrogens (tertiary/aromatic N) is 1. The van der Waals surface area contributed by atoms with Crippen molar-refractivity contribution in [3.8, 4) is 0 Å². The lowest BCUT2D eigenvalue weighted by Gasteiger charge is -2.28. The molecule has 3 heteroatoms. The minimum Gasteiger partial charge on any atom is -0.379 e. The van der Waals surface area contributed by atoms with Gasteiger partial charge in [0.2, 0.25) is 0 Å². The molecule has 1 N–H and O–H groups in total. The molecule has 1 aliphatic rings.